The Balaban J connectivity index is 1.55. The largest absolute Gasteiger partial charge is 0.487 e. The van der Waals surface area contributed by atoms with Crippen LogP contribution in [-0.4, -0.2) is 17.1 Å². The Hall–Kier alpha value is -3.39. The molecule has 0 saturated heterocycles. The number of esters is 1. The van der Waals surface area contributed by atoms with Crippen molar-refractivity contribution in [1.82, 2.24) is 4.57 Å². The standard InChI is InChI=1S/C35H24Br2FIN2O4S/c1-2-44-34(43)29-30(21-6-4-3-5-7-21)40-35-41(31(29)22-10-14-26(38)15-11-22)33(42)28(46-35)17-23-16-25(37)18-27(39)32(23)45-19-20-8-12-24(36)13-9-20/h3-18,31H,2,19H2,1H3/b28-17-/t31-/m1/s1. The van der Waals surface area contributed by atoms with Crippen molar-refractivity contribution in [2.75, 3.05) is 6.61 Å². The second kappa shape index (κ2) is 14.2. The molecule has 0 saturated carbocycles. The molecule has 1 aliphatic rings. The van der Waals surface area contributed by atoms with E-state index >= 15 is 0 Å². The third-order valence-corrected chi connectivity index (χ3v) is 9.95. The minimum absolute atomic E-state index is 0.134. The van der Waals surface area contributed by atoms with E-state index in [1.54, 1.807) is 25.1 Å². The van der Waals surface area contributed by atoms with Gasteiger partial charge in [0.05, 0.1) is 32.0 Å². The summed E-state index contributed by atoms with van der Waals surface area (Å²) in [4.78, 5) is 33.2. The SMILES string of the molecule is CCOC(=O)C1=C(c2ccccc2)N=c2s/c(=C\c3cc(Br)cc(I)c3OCc3ccc(Br)cc3)c(=O)n2[C@@H]1c1ccc(F)cc1. The number of aromatic nitrogens is 1. The van der Waals surface area contributed by atoms with E-state index in [-0.39, 0.29) is 17.7 Å². The summed E-state index contributed by atoms with van der Waals surface area (Å²) in [7, 11) is 0. The fourth-order valence-corrected chi connectivity index (χ4v) is 8.08. The molecule has 5 aromatic rings. The van der Waals surface area contributed by atoms with Crippen LogP contribution in [-0.2, 0) is 16.1 Å². The Bertz CT molecular complexity index is 2150. The molecule has 4 aromatic carbocycles. The number of carbonyl (C=O) groups is 1. The number of nitrogens with zero attached hydrogens (tertiary/aromatic N) is 2. The molecular formula is C35H24Br2FIN2O4S. The van der Waals surface area contributed by atoms with Gasteiger partial charge in [-0.3, -0.25) is 9.36 Å². The Morgan fingerprint density at radius 2 is 1.74 bits per heavy atom. The first-order valence-electron chi connectivity index (χ1n) is 14.1. The van der Waals surface area contributed by atoms with E-state index in [0.717, 1.165) is 18.1 Å². The third kappa shape index (κ3) is 6.83. The lowest BCUT2D eigenvalue weighted by molar-refractivity contribution is -0.138. The van der Waals surface area contributed by atoms with Gasteiger partial charge in [-0.25, -0.2) is 14.2 Å². The number of carbonyl (C=O) groups excluding carboxylic acids is 1. The summed E-state index contributed by atoms with van der Waals surface area (Å²) in [6.07, 6.45) is 1.78. The molecule has 0 amide bonds. The summed E-state index contributed by atoms with van der Waals surface area (Å²) in [5.41, 5.74) is 3.20. The molecule has 0 N–H and O–H groups in total. The number of halogens is 4. The number of hydrogen-bond donors (Lipinski definition) is 0. The minimum Gasteiger partial charge on any atom is -0.487 e. The number of benzene rings is 4. The molecule has 0 spiro atoms. The van der Waals surface area contributed by atoms with Gasteiger partial charge in [-0.15, -0.1) is 0 Å². The monoisotopic (exact) mass is 872 g/mol. The highest BCUT2D eigenvalue weighted by molar-refractivity contribution is 14.1. The van der Waals surface area contributed by atoms with E-state index in [4.69, 9.17) is 14.5 Å². The highest BCUT2D eigenvalue weighted by Crippen LogP contribution is 2.36. The molecule has 0 radical (unpaired) electrons. The number of rotatable bonds is 8. The Morgan fingerprint density at radius 1 is 1.02 bits per heavy atom. The molecule has 0 unspecified atom stereocenters. The van der Waals surface area contributed by atoms with Crippen LogP contribution in [0.5, 0.6) is 5.75 Å². The Labute approximate surface area is 298 Å². The van der Waals surface area contributed by atoms with Gasteiger partial charge in [0.1, 0.15) is 18.2 Å². The van der Waals surface area contributed by atoms with Gasteiger partial charge in [-0.1, -0.05) is 97.8 Å². The smallest absolute Gasteiger partial charge is 0.338 e. The maximum Gasteiger partial charge on any atom is 0.338 e. The van der Waals surface area contributed by atoms with Gasteiger partial charge in [-0.05, 0) is 83.1 Å². The molecule has 11 heteroatoms. The van der Waals surface area contributed by atoms with Crippen LogP contribution in [0.1, 0.15) is 35.2 Å². The minimum atomic E-state index is -0.899. The molecular weight excluding hydrogens is 850 g/mol. The molecule has 0 aliphatic carbocycles. The summed E-state index contributed by atoms with van der Waals surface area (Å²) in [6, 6.07) is 25.9. The molecule has 6 rings (SSSR count). The molecule has 1 aliphatic heterocycles. The highest BCUT2D eigenvalue weighted by atomic mass is 127. The molecule has 2 heterocycles. The van der Waals surface area contributed by atoms with Crippen LogP contribution in [0.25, 0.3) is 11.8 Å². The van der Waals surface area contributed by atoms with Gasteiger partial charge in [0, 0.05) is 20.1 Å². The van der Waals surface area contributed by atoms with Crippen molar-refractivity contribution in [3.63, 3.8) is 0 Å². The zero-order chi connectivity index (χ0) is 32.4. The number of fused-ring (bicyclic) bond motifs is 1. The van der Waals surface area contributed by atoms with Gasteiger partial charge in [0.25, 0.3) is 5.56 Å². The topological polar surface area (TPSA) is 69.9 Å². The van der Waals surface area contributed by atoms with E-state index in [1.807, 2.05) is 66.7 Å². The second-order valence-electron chi connectivity index (χ2n) is 10.2. The average molecular weight is 874 g/mol. The van der Waals surface area contributed by atoms with Gasteiger partial charge < -0.3 is 9.47 Å². The van der Waals surface area contributed by atoms with Crippen molar-refractivity contribution < 1.29 is 18.7 Å². The van der Waals surface area contributed by atoms with Crippen molar-refractivity contribution in [3.05, 3.63) is 157 Å². The molecule has 6 nitrogen and oxygen atoms in total. The highest BCUT2D eigenvalue weighted by Gasteiger charge is 2.35. The van der Waals surface area contributed by atoms with Crippen LogP contribution < -0.4 is 19.6 Å². The number of thiazole rings is 1. The van der Waals surface area contributed by atoms with E-state index in [0.29, 0.717) is 44.1 Å². The van der Waals surface area contributed by atoms with Crippen molar-refractivity contribution in [3.8, 4) is 5.75 Å². The molecule has 1 aromatic heterocycles. The lowest BCUT2D eigenvalue weighted by Gasteiger charge is -2.25. The van der Waals surface area contributed by atoms with E-state index in [9.17, 15) is 14.0 Å². The first kappa shape index (κ1) is 32.5. The molecule has 232 valence electrons. The molecule has 46 heavy (non-hydrogen) atoms. The fraction of sp³-hybridized carbons (Fsp3) is 0.114. The van der Waals surface area contributed by atoms with Crippen molar-refractivity contribution in [2.24, 2.45) is 4.99 Å². The van der Waals surface area contributed by atoms with Crippen LogP contribution >= 0.6 is 65.8 Å². The zero-order valence-electron chi connectivity index (χ0n) is 24.2. The first-order valence-corrected chi connectivity index (χ1v) is 17.6. The summed E-state index contributed by atoms with van der Waals surface area (Å²) >= 11 is 10.5. The molecule has 0 bridgehead atoms. The van der Waals surface area contributed by atoms with Crippen molar-refractivity contribution >= 4 is 83.5 Å². The van der Waals surface area contributed by atoms with Crippen LogP contribution in [0, 0.1) is 9.39 Å². The summed E-state index contributed by atoms with van der Waals surface area (Å²) in [6.45, 7) is 2.19. The Morgan fingerprint density at radius 3 is 2.43 bits per heavy atom. The van der Waals surface area contributed by atoms with Gasteiger partial charge >= 0.3 is 5.97 Å². The second-order valence-corrected chi connectivity index (χ2v) is 14.2. The normalized spacial score (nSPS) is 14.5. The third-order valence-electron chi connectivity index (χ3n) is 7.18. The van der Waals surface area contributed by atoms with Crippen molar-refractivity contribution in [2.45, 2.75) is 19.6 Å². The van der Waals surface area contributed by atoms with Gasteiger partial charge in [-0.2, -0.15) is 0 Å². The van der Waals surface area contributed by atoms with E-state index in [1.165, 1.54) is 28.0 Å². The quantitative estimate of drug-likeness (QED) is 0.118. The van der Waals surface area contributed by atoms with Crippen LogP contribution in [0.2, 0.25) is 0 Å². The Kier molecular flexibility index (Phi) is 10.0. The van der Waals surface area contributed by atoms with Crippen LogP contribution in [0.4, 0.5) is 4.39 Å². The summed E-state index contributed by atoms with van der Waals surface area (Å²) in [5.74, 6) is -0.398. The summed E-state index contributed by atoms with van der Waals surface area (Å²) < 4.78 is 30.4. The maximum atomic E-state index is 14.3. The van der Waals surface area contributed by atoms with E-state index < -0.39 is 17.8 Å². The molecule has 1 atom stereocenters. The zero-order valence-corrected chi connectivity index (χ0v) is 30.3. The van der Waals surface area contributed by atoms with Gasteiger partial charge in [0.15, 0.2) is 4.80 Å². The van der Waals surface area contributed by atoms with Crippen molar-refractivity contribution in [1.29, 1.82) is 0 Å². The number of ether oxygens (including phenoxy) is 2. The first-order chi connectivity index (χ1) is 22.2. The summed E-state index contributed by atoms with van der Waals surface area (Å²) in [5, 5.41) is 0. The molecule has 0 fully saturated rings. The lowest BCUT2D eigenvalue weighted by atomic mass is 9.93. The van der Waals surface area contributed by atoms with Gasteiger partial charge in [0.2, 0.25) is 0 Å². The lowest BCUT2D eigenvalue weighted by Crippen LogP contribution is -2.40. The maximum absolute atomic E-state index is 14.3. The average Bonchev–Trinajstić information content (AvgIpc) is 3.35. The van der Waals surface area contributed by atoms with Crippen LogP contribution in [0.3, 0.4) is 0 Å². The van der Waals surface area contributed by atoms with Crippen LogP contribution in [0.15, 0.2) is 115 Å². The van der Waals surface area contributed by atoms with E-state index in [2.05, 4.69) is 54.5 Å². The predicted molar refractivity (Wildman–Crippen MR) is 193 cm³/mol. The predicted octanol–water partition coefficient (Wildman–Crippen LogP) is 7.78. The fourth-order valence-electron chi connectivity index (χ4n) is 5.12. The number of hydrogen-bond acceptors (Lipinski definition) is 6.